The van der Waals surface area contributed by atoms with Gasteiger partial charge in [0.2, 0.25) is 0 Å². The highest BCUT2D eigenvalue weighted by Gasteiger charge is 2.22. The van der Waals surface area contributed by atoms with Crippen LogP contribution in [0.3, 0.4) is 0 Å². The molecule has 0 aliphatic carbocycles. The van der Waals surface area contributed by atoms with Gasteiger partial charge in [-0.15, -0.1) is 0 Å². The van der Waals surface area contributed by atoms with E-state index in [1.54, 1.807) is 0 Å². The topological polar surface area (TPSA) is 99.1 Å². The van der Waals surface area contributed by atoms with Crippen molar-refractivity contribution in [3.63, 3.8) is 0 Å². The summed E-state index contributed by atoms with van der Waals surface area (Å²) >= 11 is 0. The van der Waals surface area contributed by atoms with Gasteiger partial charge in [0, 0.05) is 33.2 Å². The Morgan fingerprint density at radius 2 is 2.05 bits per heavy atom. The van der Waals surface area contributed by atoms with E-state index in [9.17, 15) is 9.59 Å². The zero-order chi connectivity index (χ0) is 14.7. The molecule has 1 atom stereocenters. The number of ether oxygens (including phenoxy) is 1. The molecule has 0 aliphatic heterocycles. The molecular weight excluding hydrogens is 252 g/mol. The predicted octanol–water partition coefficient (Wildman–Crippen LogP) is 0.280. The molecule has 0 rings (SSSR count). The van der Waals surface area contributed by atoms with Crippen LogP contribution in [0.2, 0.25) is 0 Å². The third kappa shape index (κ3) is 7.63. The Bertz CT molecular complexity index is 273. The molecule has 1 unspecified atom stereocenters. The average molecular weight is 276 g/mol. The van der Waals surface area contributed by atoms with Gasteiger partial charge < -0.3 is 25.2 Å². The SMILES string of the molecule is CCCCN(CCO)C(=O)NC(CCOC)C(=O)O. The van der Waals surface area contributed by atoms with E-state index in [1.807, 2.05) is 6.92 Å². The lowest BCUT2D eigenvalue weighted by atomic mass is 10.2. The summed E-state index contributed by atoms with van der Waals surface area (Å²) in [6, 6.07) is -1.44. The Morgan fingerprint density at radius 3 is 2.53 bits per heavy atom. The average Bonchev–Trinajstić information content (AvgIpc) is 2.38. The number of aliphatic hydroxyl groups is 1. The first kappa shape index (κ1) is 17.7. The van der Waals surface area contributed by atoms with Crippen LogP contribution in [0.25, 0.3) is 0 Å². The molecule has 0 saturated heterocycles. The maximum Gasteiger partial charge on any atom is 0.326 e. The highest BCUT2D eigenvalue weighted by atomic mass is 16.5. The van der Waals surface area contributed by atoms with Gasteiger partial charge in [0.1, 0.15) is 6.04 Å². The van der Waals surface area contributed by atoms with Crippen molar-refractivity contribution in [3.8, 4) is 0 Å². The first-order valence-corrected chi connectivity index (χ1v) is 6.44. The Labute approximate surface area is 113 Å². The summed E-state index contributed by atoms with van der Waals surface area (Å²) in [6.07, 6.45) is 1.93. The molecular formula is C12H24N2O5. The number of urea groups is 1. The number of nitrogens with one attached hydrogen (secondary N) is 1. The molecule has 0 aliphatic rings. The lowest BCUT2D eigenvalue weighted by Gasteiger charge is -2.24. The van der Waals surface area contributed by atoms with Crippen molar-refractivity contribution >= 4 is 12.0 Å². The van der Waals surface area contributed by atoms with Gasteiger partial charge in [0.05, 0.1) is 6.61 Å². The highest BCUT2D eigenvalue weighted by molar-refractivity contribution is 5.82. The van der Waals surface area contributed by atoms with E-state index in [-0.39, 0.29) is 26.2 Å². The quantitative estimate of drug-likeness (QED) is 0.532. The zero-order valence-corrected chi connectivity index (χ0v) is 11.6. The van der Waals surface area contributed by atoms with Crippen molar-refractivity contribution in [3.05, 3.63) is 0 Å². The molecule has 0 bridgehead atoms. The molecule has 2 amide bonds. The standard InChI is InChI=1S/C12H24N2O5/c1-3-4-6-14(7-8-15)12(18)13-10(11(16)17)5-9-19-2/h10,15H,3-9H2,1-2H3,(H,13,18)(H,16,17). The van der Waals surface area contributed by atoms with E-state index < -0.39 is 18.0 Å². The van der Waals surface area contributed by atoms with Gasteiger partial charge in [-0.1, -0.05) is 13.3 Å². The number of carbonyl (C=O) groups is 2. The summed E-state index contributed by atoms with van der Waals surface area (Å²) in [7, 11) is 1.47. The third-order valence-corrected chi connectivity index (χ3v) is 2.65. The largest absolute Gasteiger partial charge is 0.480 e. The van der Waals surface area contributed by atoms with Crippen LogP contribution in [0.5, 0.6) is 0 Å². The molecule has 0 aromatic heterocycles. The van der Waals surface area contributed by atoms with E-state index in [1.165, 1.54) is 12.0 Å². The minimum absolute atomic E-state index is 0.146. The summed E-state index contributed by atoms with van der Waals surface area (Å²) in [4.78, 5) is 24.3. The normalized spacial score (nSPS) is 11.9. The van der Waals surface area contributed by atoms with Crippen LogP contribution in [0.4, 0.5) is 4.79 Å². The van der Waals surface area contributed by atoms with Crippen LogP contribution >= 0.6 is 0 Å². The van der Waals surface area contributed by atoms with Crippen LogP contribution in [0.1, 0.15) is 26.2 Å². The summed E-state index contributed by atoms with van der Waals surface area (Å²) in [5.74, 6) is -1.09. The van der Waals surface area contributed by atoms with Gasteiger partial charge >= 0.3 is 12.0 Å². The van der Waals surface area contributed by atoms with E-state index in [2.05, 4.69) is 5.32 Å². The molecule has 0 radical (unpaired) electrons. The summed E-state index contributed by atoms with van der Waals surface area (Å²) in [5.41, 5.74) is 0. The van der Waals surface area contributed by atoms with E-state index in [0.717, 1.165) is 12.8 Å². The fraction of sp³-hybridized carbons (Fsp3) is 0.833. The fourth-order valence-corrected chi connectivity index (χ4v) is 1.52. The fourth-order valence-electron chi connectivity index (χ4n) is 1.52. The number of aliphatic hydroxyl groups excluding tert-OH is 1. The second-order valence-corrected chi connectivity index (χ2v) is 4.19. The van der Waals surface area contributed by atoms with Crippen LogP contribution in [-0.4, -0.2) is 66.6 Å². The smallest absolute Gasteiger partial charge is 0.326 e. The van der Waals surface area contributed by atoms with Crippen molar-refractivity contribution in [2.45, 2.75) is 32.2 Å². The van der Waals surface area contributed by atoms with Crippen molar-refractivity contribution < 1.29 is 24.5 Å². The molecule has 0 fully saturated rings. The number of nitrogens with zero attached hydrogens (tertiary/aromatic N) is 1. The molecule has 0 heterocycles. The highest BCUT2D eigenvalue weighted by Crippen LogP contribution is 1.99. The van der Waals surface area contributed by atoms with E-state index >= 15 is 0 Å². The van der Waals surface area contributed by atoms with Crippen LogP contribution in [0.15, 0.2) is 0 Å². The number of carboxylic acid groups (broad SMARTS) is 1. The van der Waals surface area contributed by atoms with Crippen molar-refractivity contribution in [2.24, 2.45) is 0 Å². The molecule has 3 N–H and O–H groups in total. The lowest BCUT2D eigenvalue weighted by molar-refractivity contribution is -0.139. The molecule has 0 aromatic rings. The number of methoxy groups -OCH3 is 1. The van der Waals surface area contributed by atoms with Crippen LogP contribution in [-0.2, 0) is 9.53 Å². The number of hydrogen-bond donors (Lipinski definition) is 3. The minimum Gasteiger partial charge on any atom is -0.480 e. The van der Waals surface area contributed by atoms with Crippen molar-refractivity contribution in [1.29, 1.82) is 0 Å². The first-order valence-electron chi connectivity index (χ1n) is 6.44. The summed E-state index contributed by atoms with van der Waals surface area (Å²) < 4.78 is 4.81. The number of aliphatic carboxylic acids is 1. The summed E-state index contributed by atoms with van der Waals surface area (Å²) in [6.45, 7) is 2.80. The zero-order valence-electron chi connectivity index (χ0n) is 11.6. The molecule has 7 nitrogen and oxygen atoms in total. The van der Waals surface area contributed by atoms with Gasteiger partial charge in [-0.05, 0) is 6.42 Å². The second-order valence-electron chi connectivity index (χ2n) is 4.19. The molecule has 0 spiro atoms. The van der Waals surface area contributed by atoms with Crippen LogP contribution < -0.4 is 5.32 Å². The Hall–Kier alpha value is -1.34. The summed E-state index contributed by atoms with van der Waals surface area (Å²) in [5, 5.41) is 20.4. The van der Waals surface area contributed by atoms with Gasteiger partial charge in [0.25, 0.3) is 0 Å². The van der Waals surface area contributed by atoms with E-state index in [4.69, 9.17) is 14.9 Å². The number of unbranched alkanes of at least 4 members (excludes halogenated alkanes) is 1. The van der Waals surface area contributed by atoms with Crippen molar-refractivity contribution in [1.82, 2.24) is 10.2 Å². The number of hydrogen-bond acceptors (Lipinski definition) is 4. The van der Waals surface area contributed by atoms with E-state index in [0.29, 0.717) is 6.54 Å². The molecule has 7 heteroatoms. The van der Waals surface area contributed by atoms with Gasteiger partial charge in [-0.3, -0.25) is 0 Å². The van der Waals surface area contributed by atoms with Gasteiger partial charge in [0.15, 0.2) is 0 Å². The predicted molar refractivity (Wildman–Crippen MR) is 70.0 cm³/mol. The molecule has 19 heavy (non-hydrogen) atoms. The van der Waals surface area contributed by atoms with Gasteiger partial charge in [-0.25, -0.2) is 9.59 Å². The number of amides is 2. The lowest BCUT2D eigenvalue weighted by Crippen LogP contribution is -2.49. The molecule has 0 saturated carbocycles. The third-order valence-electron chi connectivity index (χ3n) is 2.65. The Balaban J connectivity index is 4.42. The molecule has 0 aromatic carbocycles. The first-order chi connectivity index (χ1) is 9.06. The number of carboxylic acids is 1. The monoisotopic (exact) mass is 276 g/mol. The number of rotatable bonds is 10. The van der Waals surface area contributed by atoms with Crippen molar-refractivity contribution in [2.75, 3.05) is 33.4 Å². The Kier molecular flexibility index (Phi) is 9.82. The second kappa shape index (κ2) is 10.6. The maximum absolute atomic E-state index is 11.9. The Morgan fingerprint density at radius 1 is 1.37 bits per heavy atom. The number of carbonyl (C=O) groups excluding carboxylic acids is 1. The van der Waals surface area contributed by atoms with Crippen LogP contribution in [0, 0.1) is 0 Å². The molecule has 112 valence electrons. The van der Waals surface area contributed by atoms with Gasteiger partial charge in [-0.2, -0.15) is 0 Å². The maximum atomic E-state index is 11.9. The minimum atomic E-state index is -1.09.